The lowest BCUT2D eigenvalue weighted by Crippen LogP contribution is -2.49. The van der Waals surface area contributed by atoms with Crippen LogP contribution in [0, 0.1) is 13.8 Å². The lowest BCUT2D eigenvalue weighted by atomic mass is 10.0. The zero-order chi connectivity index (χ0) is 17.3. The first-order valence-corrected chi connectivity index (χ1v) is 8.78. The third kappa shape index (κ3) is 3.30. The number of aryl methyl sites for hydroxylation is 2. The van der Waals surface area contributed by atoms with Crippen molar-refractivity contribution in [1.82, 2.24) is 9.80 Å². The number of hydrogen-bond donors (Lipinski definition) is 0. The number of hydrogen-bond acceptors (Lipinski definition) is 2. The van der Waals surface area contributed by atoms with Gasteiger partial charge in [-0.2, -0.15) is 0 Å². The third-order valence-electron chi connectivity index (χ3n) is 5.08. The number of halogens is 1. The van der Waals surface area contributed by atoms with Gasteiger partial charge in [-0.05, 0) is 44.7 Å². The van der Waals surface area contributed by atoms with Crippen molar-refractivity contribution in [3.05, 3.63) is 34.9 Å². The minimum absolute atomic E-state index is 0.0103. The van der Waals surface area contributed by atoms with Crippen LogP contribution >= 0.6 is 0 Å². The summed E-state index contributed by atoms with van der Waals surface area (Å²) in [5.74, 6) is -0.323. The Morgan fingerprint density at radius 2 is 1.83 bits per heavy atom. The van der Waals surface area contributed by atoms with Crippen molar-refractivity contribution >= 4 is 11.8 Å². The Morgan fingerprint density at radius 3 is 2.50 bits per heavy atom. The molecule has 2 amide bonds. The molecule has 130 valence electrons. The van der Waals surface area contributed by atoms with E-state index in [4.69, 9.17) is 0 Å². The molecule has 0 aromatic heterocycles. The van der Waals surface area contributed by atoms with Crippen molar-refractivity contribution in [3.8, 4) is 0 Å². The summed E-state index contributed by atoms with van der Waals surface area (Å²) in [4.78, 5) is 29.0. The summed E-state index contributed by atoms with van der Waals surface area (Å²) in [5, 5.41) is 0. The van der Waals surface area contributed by atoms with Gasteiger partial charge in [0.25, 0.3) is 5.91 Å². The second-order valence-corrected chi connectivity index (χ2v) is 7.01. The molecule has 2 heterocycles. The maximum atomic E-state index is 14.0. The number of amides is 2. The van der Waals surface area contributed by atoms with Crippen LogP contribution in [0.3, 0.4) is 0 Å². The van der Waals surface area contributed by atoms with Crippen molar-refractivity contribution in [3.63, 3.8) is 0 Å². The van der Waals surface area contributed by atoms with Gasteiger partial charge >= 0.3 is 0 Å². The summed E-state index contributed by atoms with van der Waals surface area (Å²) >= 11 is 0. The van der Waals surface area contributed by atoms with E-state index in [0.717, 1.165) is 43.5 Å². The highest BCUT2D eigenvalue weighted by Gasteiger charge is 2.42. The summed E-state index contributed by atoms with van der Waals surface area (Å²) in [6, 6.07) is 4.94. The predicted octanol–water partition coefficient (Wildman–Crippen LogP) is 2.87. The average molecular weight is 332 g/mol. The maximum absolute atomic E-state index is 14.0. The van der Waals surface area contributed by atoms with Crippen LogP contribution in [0.2, 0.25) is 0 Å². The second-order valence-electron chi connectivity index (χ2n) is 7.01. The molecule has 2 fully saturated rings. The Morgan fingerprint density at radius 1 is 1.12 bits per heavy atom. The van der Waals surface area contributed by atoms with Crippen molar-refractivity contribution < 1.29 is 14.0 Å². The Bertz CT molecular complexity index is 640. The van der Waals surface area contributed by atoms with Crippen LogP contribution in [0.5, 0.6) is 0 Å². The van der Waals surface area contributed by atoms with E-state index in [1.54, 1.807) is 11.0 Å². The van der Waals surface area contributed by atoms with Gasteiger partial charge in [0.15, 0.2) is 0 Å². The number of piperidine rings is 1. The number of alkyl halides is 1. The first kappa shape index (κ1) is 16.9. The molecule has 2 aliphatic heterocycles. The van der Waals surface area contributed by atoms with Crippen LogP contribution in [0.25, 0.3) is 0 Å². The first-order chi connectivity index (χ1) is 11.5. The van der Waals surface area contributed by atoms with Crippen LogP contribution in [0.15, 0.2) is 18.2 Å². The Hall–Kier alpha value is -1.91. The van der Waals surface area contributed by atoms with Gasteiger partial charge in [-0.1, -0.05) is 17.7 Å². The quantitative estimate of drug-likeness (QED) is 0.835. The van der Waals surface area contributed by atoms with Gasteiger partial charge in [-0.15, -0.1) is 0 Å². The van der Waals surface area contributed by atoms with Crippen molar-refractivity contribution in [1.29, 1.82) is 0 Å². The Labute approximate surface area is 142 Å². The number of rotatable bonds is 2. The molecule has 4 nitrogen and oxygen atoms in total. The number of nitrogens with zero attached hydrogens (tertiary/aromatic N) is 2. The summed E-state index contributed by atoms with van der Waals surface area (Å²) in [6.45, 7) is 5.30. The van der Waals surface area contributed by atoms with Crippen LogP contribution < -0.4 is 0 Å². The molecule has 1 aromatic rings. The number of likely N-dealkylation sites (tertiary alicyclic amines) is 2. The molecule has 2 aliphatic rings. The number of benzene rings is 1. The fourth-order valence-electron chi connectivity index (χ4n) is 3.78. The molecule has 0 N–H and O–H groups in total. The lowest BCUT2D eigenvalue weighted by Gasteiger charge is -2.32. The first-order valence-electron chi connectivity index (χ1n) is 8.78. The smallest absolute Gasteiger partial charge is 0.254 e. The molecule has 2 saturated heterocycles. The highest BCUT2D eigenvalue weighted by atomic mass is 19.1. The van der Waals surface area contributed by atoms with Gasteiger partial charge in [0.05, 0.1) is 6.54 Å². The van der Waals surface area contributed by atoms with Crippen LogP contribution in [0.1, 0.15) is 47.2 Å². The summed E-state index contributed by atoms with van der Waals surface area (Å²) in [6.07, 6.45) is 2.10. The molecule has 0 aliphatic carbocycles. The standard InChI is InChI=1S/C19H25FN2O2/c1-13-6-7-16(14(2)10-13)18(23)22-12-15(20)11-17(22)19(24)21-8-4-3-5-9-21/h6-7,10,15,17H,3-5,8-9,11-12H2,1-2H3/t15-,17-/m0/s1. The molecule has 24 heavy (non-hydrogen) atoms. The molecule has 0 unspecified atom stereocenters. The van der Waals surface area contributed by atoms with E-state index < -0.39 is 12.2 Å². The molecular weight excluding hydrogens is 307 g/mol. The molecule has 3 rings (SSSR count). The van der Waals surface area contributed by atoms with E-state index in [2.05, 4.69) is 0 Å². The van der Waals surface area contributed by atoms with Crippen LogP contribution in [-0.2, 0) is 4.79 Å². The van der Waals surface area contributed by atoms with E-state index >= 15 is 0 Å². The van der Waals surface area contributed by atoms with E-state index in [9.17, 15) is 14.0 Å². The number of carbonyl (C=O) groups excluding carboxylic acids is 2. The molecule has 0 bridgehead atoms. The summed E-state index contributed by atoms with van der Waals surface area (Å²) in [7, 11) is 0. The SMILES string of the molecule is Cc1ccc(C(=O)N2C[C@@H](F)C[C@H]2C(=O)N2CCCCC2)c(C)c1. The van der Waals surface area contributed by atoms with Gasteiger partial charge in [-0.3, -0.25) is 9.59 Å². The molecule has 5 heteroatoms. The topological polar surface area (TPSA) is 40.6 Å². The molecule has 1 aromatic carbocycles. The van der Waals surface area contributed by atoms with Gasteiger partial charge in [0, 0.05) is 25.1 Å². The molecule has 0 radical (unpaired) electrons. The van der Waals surface area contributed by atoms with Gasteiger partial charge in [0.2, 0.25) is 5.91 Å². The van der Waals surface area contributed by atoms with E-state index in [-0.39, 0.29) is 24.8 Å². The highest BCUT2D eigenvalue weighted by Crippen LogP contribution is 2.26. The molecular formula is C19H25FN2O2. The minimum Gasteiger partial charge on any atom is -0.341 e. The van der Waals surface area contributed by atoms with Crippen molar-refractivity contribution in [2.75, 3.05) is 19.6 Å². The maximum Gasteiger partial charge on any atom is 0.254 e. The summed E-state index contributed by atoms with van der Waals surface area (Å²) < 4.78 is 14.0. The minimum atomic E-state index is -1.13. The number of carbonyl (C=O) groups is 2. The fraction of sp³-hybridized carbons (Fsp3) is 0.579. The predicted molar refractivity (Wildman–Crippen MR) is 90.7 cm³/mol. The molecule has 0 spiro atoms. The largest absolute Gasteiger partial charge is 0.341 e. The Balaban J connectivity index is 1.81. The zero-order valence-electron chi connectivity index (χ0n) is 14.4. The van der Waals surface area contributed by atoms with Gasteiger partial charge in [0.1, 0.15) is 12.2 Å². The molecule has 2 atom stereocenters. The van der Waals surface area contributed by atoms with Crippen LogP contribution in [0.4, 0.5) is 4.39 Å². The highest BCUT2D eigenvalue weighted by molar-refractivity contribution is 5.99. The van der Waals surface area contributed by atoms with Crippen molar-refractivity contribution in [2.24, 2.45) is 0 Å². The third-order valence-corrected chi connectivity index (χ3v) is 5.08. The lowest BCUT2D eigenvalue weighted by molar-refractivity contribution is -0.136. The monoisotopic (exact) mass is 332 g/mol. The average Bonchev–Trinajstić information content (AvgIpc) is 2.96. The van der Waals surface area contributed by atoms with E-state index in [0.29, 0.717) is 5.56 Å². The summed E-state index contributed by atoms with van der Waals surface area (Å²) in [5.41, 5.74) is 2.51. The van der Waals surface area contributed by atoms with Gasteiger partial charge < -0.3 is 9.80 Å². The van der Waals surface area contributed by atoms with E-state index in [1.165, 1.54) is 4.90 Å². The molecule has 0 saturated carbocycles. The zero-order valence-corrected chi connectivity index (χ0v) is 14.4. The fourth-order valence-corrected chi connectivity index (χ4v) is 3.78. The Kier molecular flexibility index (Phi) is 4.88. The van der Waals surface area contributed by atoms with Crippen molar-refractivity contribution in [2.45, 2.75) is 51.7 Å². The van der Waals surface area contributed by atoms with Crippen LogP contribution in [-0.4, -0.2) is 53.5 Å². The van der Waals surface area contributed by atoms with Gasteiger partial charge in [-0.25, -0.2) is 4.39 Å². The second kappa shape index (κ2) is 6.91. The normalized spacial score (nSPS) is 24.3. The van der Waals surface area contributed by atoms with E-state index in [1.807, 2.05) is 26.0 Å².